The van der Waals surface area contributed by atoms with E-state index in [4.69, 9.17) is 121 Å². The van der Waals surface area contributed by atoms with Crippen molar-refractivity contribution in [3.05, 3.63) is 91.6 Å². The van der Waals surface area contributed by atoms with Gasteiger partial charge in [0.15, 0.2) is 0 Å². The van der Waals surface area contributed by atoms with E-state index in [2.05, 4.69) is 106 Å². The molecule has 11 aliphatic heterocycles. The molecule has 0 aliphatic carbocycles. The maximum Gasteiger partial charge on any atom is 0.108 e. The van der Waals surface area contributed by atoms with Gasteiger partial charge in [-0.25, -0.2) is 50.2 Å². The highest BCUT2D eigenvalue weighted by molar-refractivity contribution is 4.79. The normalized spacial score (nSPS) is 25.3. The molecule has 18 N–H and O–H groups in total. The first-order valence-electron chi connectivity index (χ1n) is 48.9. The molecule has 132 heavy (non-hydrogen) atoms. The smallest absolute Gasteiger partial charge is 0.108 e. The standard InChI is InChI=1S/C9H21NO2.3C8H17NO2.5C7H15NO2.C7H17NO2.C7H15NO.2C6H13NO2/c1-4-11-8-6-10(3)7-9-12-5-2;1-9(10-2)7-8-3-5-11-6-4-8;1-9(10-2)6-8-4-3-5-11-7-8;1-9(10-2)7-8-5-3-4-6-11-8;1-8(9-2)5-7-3-4-10-6-7;1-8(9-2)6-7-4-3-5-10-7;1-8(9)6-7-2-4-10-5-3-7;1-8(9)5-7-3-2-4-10-6-7;1-8(9)6-7-4-2-3-5-10-7;1-8(4-6-9-2)5-7-10-3;1-7(4-8(2)3)5-9-6-7;1-7(8)4-6-2-3-9-5-6;1-7(8)5-6-3-2-4-9-6/h10H,3-9H2,1-2H3;3*8-9H,1,3-7H2,2H3;2*7-8H,1,3-6H2,2H3;3*7-9H,1-6H2;8H,1,4-7H2,2-3H3;8H,2,4-6H2,1,3H3;2*6-8H,1-5H2. The molecule has 11 aliphatic rings. The number of ether oxygens (including phenoxy) is 15. The third-order valence-corrected chi connectivity index (χ3v) is 22.8. The second-order valence-corrected chi connectivity index (χ2v) is 35.9. The van der Waals surface area contributed by atoms with E-state index in [1.807, 2.05) is 13.8 Å². The number of nitrogens with one attached hydrogen (secondary N) is 13. The van der Waals surface area contributed by atoms with Crippen LogP contribution in [0.15, 0.2) is 0 Å². The number of hydroxylamine groups is 20. The largest absolute Gasteiger partial charge is 0.470 e. The second-order valence-electron chi connectivity index (χ2n) is 35.9. The van der Waals surface area contributed by atoms with Gasteiger partial charge in [-0.15, -0.1) is 70.5 Å². The van der Waals surface area contributed by atoms with Gasteiger partial charge in [0, 0.05) is 149 Å². The lowest BCUT2D eigenvalue weighted by atomic mass is 9.88. The van der Waals surface area contributed by atoms with Crippen molar-refractivity contribution in [3.63, 3.8) is 0 Å². The summed E-state index contributed by atoms with van der Waals surface area (Å²) in [6.07, 6.45) is 24.2. The summed E-state index contributed by atoms with van der Waals surface area (Å²) in [6, 6.07) is 0. The summed E-state index contributed by atoms with van der Waals surface area (Å²) >= 11 is 0. The molecule has 0 bridgehead atoms. The molecule has 796 valence electrons. The summed E-state index contributed by atoms with van der Waals surface area (Å²) in [5.74, 6) is 3.64. The molecule has 0 aromatic rings. The fourth-order valence-electron chi connectivity index (χ4n) is 15.0. The highest BCUT2D eigenvalue weighted by atomic mass is 16.7. The fraction of sp³-hybridized carbons (Fsp3) is 0.862. The third kappa shape index (κ3) is 86.4. The van der Waals surface area contributed by atoms with Crippen molar-refractivity contribution in [2.24, 2.45) is 40.9 Å². The molecule has 0 radical (unpaired) electrons. The van der Waals surface area contributed by atoms with E-state index in [0.29, 0.717) is 78.5 Å². The molecule has 19 atom stereocenters. The van der Waals surface area contributed by atoms with Crippen LogP contribution in [-0.4, -0.2) is 364 Å². The van der Waals surface area contributed by atoms with E-state index >= 15 is 0 Å². The molecular formula is C94H205N13O25. The minimum Gasteiger partial charge on any atom is -0.470 e. The van der Waals surface area contributed by atoms with Gasteiger partial charge in [-0.1, -0.05) is 0 Å². The topological polar surface area (TPSA) is 343 Å². The summed E-state index contributed by atoms with van der Waals surface area (Å²) in [4.78, 5) is 28.6. The number of quaternary nitrogens is 13. The van der Waals surface area contributed by atoms with Gasteiger partial charge in [0.05, 0.1) is 179 Å². The van der Waals surface area contributed by atoms with Gasteiger partial charge in [0.1, 0.15) is 50.6 Å². The Hall–Kier alpha value is -1.52. The minimum atomic E-state index is 0.228. The van der Waals surface area contributed by atoms with Crippen LogP contribution in [0.5, 0.6) is 0 Å². The van der Waals surface area contributed by atoms with Crippen molar-refractivity contribution in [2.45, 2.75) is 174 Å². The summed E-state index contributed by atoms with van der Waals surface area (Å²) in [6.45, 7) is 39.6. The predicted octanol–water partition coefficient (Wildman–Crippen LogP) is -7.32. The maximum atomic E-state index is 8.87. The highest BCUT2D eigenvalue weighted by Gasteiger charge is 2.35. The van der Waals surface area contributed by atoms with Crippen LogP contribution >= 0.6 is 0 Å². The third-order valence-electron chi connectivity index (χ3n) is 22.8. The van der Waals surface area contributed by atoms with Crippen molar-refractivity contribution in [1.29, 1.82) is 0 Å². The fourth-order valence-corrected chi connectivity index (χ4v) is 15.0. The first-order chi connectivity index (χ1) is 63.3. The van der Waals surface area contributed by atoms with Gasteiger partial charge in [-0.2, -0.15) is 21.1 Å². The Morgan fingerprint density at radius 3 is 0.826 bits per heavy atom. The minimum absolute atomic E-state index is 0.228. The lowest BCUT2D eigenvalue weighted by Crippen LogP contribution is -3.08. The van der Waals surface area contributed by atoms with Crippen LogP contribution in [0.4, 0.5) is 0 Å². The van der Waals surface area contributed by atoms with Crippen LogP contribution in [0.2, 0.25) is 0 Å². The van der Waals surface area contributed by atoms with Crippen LogP contribution < -0.4 is 65.3 Å². The molecule has 11 rings (SSSR count). The Morgan fingerprint density at radius 1 is 0.288 bits per heavy atom. The number of hydrogen-bond acceptors (Lipinski definition) is 25. The zero-order valence-electron chi connectivity index (χ0n) is 85.1. The average Bonchev–Trinajstić information content (AvgIpc) is 1.01. The van der Waals surface area contributed by atoms with E-state index in [1.54, 1.807) is 49.8 Å². The van der Waals surface area contributed by atoms with Crippen molar-refractivity contribution >= 4 is 0 Å². The van der Waals surface area contributed by atoms with E-state index in [0.717, 1.165) is 345 Å². The second kappa shape index (κ2) is 91.9. The number of hydrogen-bond donors (Lipinski definition) is 18. The molecule has 38 heteroatoms. The molecule has 11 saturated heterocycles. The molecule has 19 unspecified atom stereocenters. The van der Waals surface area contributed by atoms with Crippen molar-refractivity contribution in [2.75, 3.05) is 314 Å². The van der Waals surface area contributed by atoms with Crippen LogP contribution in [0, 0.1) is 133 Å². The van der Waals surface area contributed by atoms with Crippen LogP contribution in [0.3, 0.4) is 0 Å². The summed E-state index contributed by atoms with van der Waals surface area (Å²) < 4.78 is 78.1. The Balaban J connectivity index is 0. The summed E-state index contributed by atoms with van der Waals surface area (Å²) in [5.41, 5.74) is 0.422. The van der Waals surface area contributed by atoms with Gasteiger partial charge < -0.3 is 136 Å². The lowest BCUT2D eigenvalue weighted by molar-refractivity contribution is -1.05. The predicted molar refractivity (Wildman–Crippen MR) is 498 cm³/mol. The molecule has 11 fully saturated rings. The Morgan fingerprint density at radius 2 is 0.553 bits per heavy atom. The van der Waals surface area contributed by atoms with E-state index in [1.165, 1.54) is 59.6 Å². The summed E-state index contributed by atoms with van der Waals surface area (Å²) in [5, 5.41) is 49.7. The van der Waals surface area contributed by atoms with Gasteiger partial charge >= 0.3 is 0 Å². The molecule has 0 saturated carbocycles. The number of rotatable bonds is 41. The zero-order chi connectivity index (χ0) is 98.6. The Bertz CT molecular complexity index is 2130. The first-order valence-corrected chi connectivity index (χ1v) is 48.9. The van der Waals surface area contributed by atoms with Gasteiger partial charge in [-0.05, 0) is 149 Å². The van der Waals surface area contributed by atoms with E-state index in [-0.39, 0.29) is 32.5 Å². The van der Waals surface area contributed by atoms with Crippen molar-refractivity contribution in [1.82, 2.24) is 0 Å². The molecule has 0 aromatic heterocycles. The van der Waals surface area contributed by atoms with Crippen LogP contribution in [0.1, 0.15) is 149 Å². The summed E-state index contributed by atoms with van der Waals surface area (Å²) in [7, 11) is 61.5. The number of methoxy groups -OCH3 is 2. The van der Waals surface area contributed by atoms with Crippen molar-refractivity contribution in [3.8, 4) is 0 Å². The SMILES string of the molecule is [CH2-][NH+](C)CC1(C)COC1.[CH2-][NH+](CC1CCCCO1)OC.[CH2-][NH+](CC1CCCO1)OC.[CH2-][NH+](CC1CCCOC1)OC.[CH2-][NH+](CC1CCOC1)OC.[CH2-][NH+](CC1CCOCC1)OC.[CH2-][NH+](CCOC)CCOC.[CH2-][NH+](CCOCC)CCOCC.[CH2-][NH+](O)CC1CCCCO1.[CH2-][NH+](O)CC1CCCO1.[CH2-][NH+](O)CC1CCCOC1.[CH2-][NH+](O)CC1CCOC1.[CH2-][NH+](O)CC1CCOCC1. The maximum absolute atomic E-state index is 8.87. The molecule has 0 aromatic carbocycles. The average molecular weight is 1920 g/mol. The molecule has 0 amide bonds. The first kappa shape index (κ1) is 133. The quantitative estimate of drug-likeness (QED) is 0.0154. The van der Waals surface area contributed by atoms with Gasteiger partial charge in [-0.3, -0.25) is 0 Å². The molecular weight excluding hydrogens is 1710 g/mol. The van der Waals surface area contributed by atoms with Gasteiger partial charge in [0.2, 0.25) is 0 Å². The zero-order valence-corrected chi connectivity index (χ0v) is 85.1. The molecule has 11 heterocycles. The van der Waals surface area contributed by atoms with Crippen LogP contribution in [-0.2, 0) is 95.2 Å². The Kier molecular flexibility index (Phi) is 92.3. The Labute approximate surface area is 802 Å². The highest BCUT2D eigenvalue weighted by Crippen LogP contribution is 2.24. The van der Waals surface area contributed by atoms with Gasteiger partial charge in [0.25, 0.3) is 0 Å². The molecule has 38 nitrogen and oxygen atoms in total. The van der Waals surface area contributed by atoms with Crippen LogP contribution in [0.25, 0.3) is 0 Å². The van der Waals surface area contributed by atoms with Crippen molar-refractivity contribution < 1.29 is 187 Å². The monoisotopic (exact) mass is 1920 g/mol. The van der Waals surface area contributed by atoms with E-state index in [9.17, 15) is 0 Å². The lowest BCUT2D eigenvalue weighted by Gasteiger charge is -2.39. The molecule has 0 spiro atoms. The van der Waals surface area contributed by atoms with E-state index < -0.39 is 0 Å².